The molecule has 2 aliphatic carbocycles. The molecule has 11 heavy (non-hydrogen) atoms. The van der Waals surface area contributed by atoms with E-state index in [1.54, 1.807) is 0 Å². The predicted molar refractivity (Wildman–Crippen MR) is 37.9 cm³/mol. The zero-order valence-corrected chi connectivity index (χ0v) is 6.29. The molecule has 1 spiro atoms. The average Bonchev–Trinajstić information content (AvgIpc) is 2.50. The van der Waals surface area contributed by atoms with E-state index in [0.717, 1.165) is 5.82 Å². The van der Waals surface area contributed by atoms with Gasteiger partial charge in [0.25, 0.3) is 0 Å². The molecule has 1 unspecified atom stereocenters. The first-order valence-electron chi connectivity index (χ1n) is 4.17. The van der Waals surface area contributed by atoms with Crippen LogP contribution in [0.15, 0.2) is 10.9 Å². The molecule has 0 aromatic carbocycles. The molecular formula is C8H10N2O. The first-order chi connectivity index (χ1) is 5.41. The maximum absolute atomic E-state index is 4.72. The SMILES string of the molecule is c1nc(C2CC23CCC3)no1. The Hall–Kier alpha value is -0.860. The Balaban J connectivity index is 1.84. The summed E-state index contributed by atoms with van der Waals surface area (Å²) in [7, 11) is 0. The van der Waals surface area contributed by atoms with Crippen LogP contribution >= 0.6 is 0 Å². The van der Waals surface area contributed by atoms with Crippen LogP contribution in [0.1, 0.15) is 37.4 Å². The van der Waals surface area contributed by atoms with Crippen LogP contribution in [0.25, 0.3) is 0 Å². The third-order valence-electron chi connectivity index (χ3n) is 3.23. The Kier molecular flexibility index (Phi) is 0.864. The van der Waals surface area contributed by atoms with Gasteiger partial charge in [-0.2, -0.15) is 4.98 Å². The van der Waals surface area contributed by atoms with Crippen LogP contribution in [-0.4, -0.2) is 10.1 Å². The van der Waals surface area contributed by atoms with Crippen molar-refractivity contribution in [2.75, 3.05) is 0 Å². The minimum absolute atomic E-state index is 0.629. The van der Waals surface area contributed by atoms with Gasteiger partial charge >= 0.3 is 0 Å². The van der Waals surface area contributed by atoms with Crippen LogP contribution in [-0.2, 0) is 0 Å². The van der Waals surface area contributed by atoms with Gasteiger partial charge in [0, 0.05) is 5.92 Å². The summed E-state index contributed by atoms with van der Waals surface area (Å²) in [4.78, 5) is 4.08. The number of aromatic nitrogens is 2. The summed E-state index contributed by atoms with van der Waals surface area (Å²) in [6.07, 6.45) is 6.89. The highest BCUT2D eigenvalue weighted by Gasteiger charge is 2.59. The third-order valence-corrected chi connectivity index (χ3v) is 3.23. The van der Waals surface area contributed by atoms with E-state index in [2.05, 4.69) is 10.1 Å². The number of nitrogens with zero attached hydrogens (tertiary/aromatic N) is 2. The molecule has 2 fully saturated rings. The molecule has 0 bridgehead atoms. The molecule has 1 atom stereocenters. The minimum Gasteiger partial charge on any atom is -0.343 e. The van der Waals surface area contributed by atoms with E-state index in [1.807, 2.05) is 0 Å². The van der Waals surface area contributed by atoms with E-state index in [4.69, 9.17) is 4.52 Å². The molecule has 1 aromatic rings. The fraction of sp³-hybridized carbons (Fsp3) is 0.750. The Labute approximate surface area is 64.8 Å². The van der Waals surface area contributed by atoms with Gasteiger partial charge in [-0.25, -0.2) is 0 Å². The first kappa shape index (κ1) is 5.75. The Morgan fingerprint density at radius 1 is 1.55 bits per heavy atom. The van der Waals surface area contributed by atoms with Crippen molar-refractivity contribution in [3.05, 3.63) is 12.2 Å². The van der Waals surface area contributed by atoms with Gasteiger partial charge in [0.05, 0.1) is 0 Å². The number of rotatable bonds is 1. The highest BCUT2D eigenvalue weighted by Crippen LogP contribution is 2.69. The summed E-state index contributed by atoms with van der Waals surface area (Å²) in [6.45, 7) is 0. The van der Waals surface area contributed by atoms with Crippen molar-refractivity contribution in [2.45, 2.75) is 31.6 Å². The lowest BCUT2D eigenvalue weighted by Crippen LogP contribution is -2.14. The van der Waals surface area contributed by atoms with Crippen LogP contribution in [0, 0.1) is 5.41 Å². The zero-order chi connectivity index (χ0) is 7.31. The van der Waals surface area contributed by atoms with E-state index >= 15 is 0 Å². The Bertz CT molecular complexity index is 264. The molecule has 0 amide bonds. The molecule has 3 nitrogen and oxygen atoms in total. The summed E-state index contributed by atoms with van der Waals surface area (Å²) in [5, 5.41) is 3.87. The summed E-state index contributed by atoms with van der Waals surface area (Å²) < 4.78 is 4.72. The number of hydrogen-bond donors (Lipinski definition) is 0. The summed E-state index contributed by atoms with van der Waals surface area (Å²) in [6, 6.07) is 0. The summed E-state index contributed by atoms with van der Waals surface area (Å²) in [5.41, 5.74) is 0.629. The van der Waals surface area contributed by atoms with Crippen molar-refractivity contribution < 1.29 is 4.52 Å². The molecule has 0 N–H and O–H groups in total. The van der Waals surface area contributed by atoms with Crippen molar-refractivity contribution in [3.8, 4) is 0 Å². The van der Waals surface area contributed by atoms with Crippen molar-refractivity contribution in [1.29, 1.82) is 0 Å². The van der Waals surface area contributed by atoms with E-state index in [9.17, 15) is 0 Å². The molecule has 0 aliphatic heterocycles. The molecule has 3 rings (SSSR count). The van der Waals surface area contributed by atoms with Crippen molar-refractivity contribution in [3.63, 3.8) is 0 Å². The smallest absolute Gasteiger partial charge is 0.213 e. The van der Waals surface area contributed by atoms with Crippen molar-refractivity contribution in [2.24, 2.45) is 5.41 Å². The van der Waals surface area contributed by atoms with Crippen LogP contribution in [0.4, 0.5) is 0 Å². The van der Waals surface area contributed by atoms with E-state index < -0.39 is 0 Å². The van der Waals surface area contributed by atoms with E-state index in [0.29, 0.717) is 11.3 Å². The topological polar surface area (TPSA) is 38.9 Å². The van der Waals surface area contributed by atoms with Crippen molar-refractivity contribution >= 4 is 0 Å². The lowest BCUT2D eigenvalue weighted by Gasteiger charge is -2.25. The van der Waals surface area contributed by atoms with Crippen LogP contribution in [0.5, 0.6) is 0 Å². The van der Waals surface area contributed by atoms with E-state index in [-0.39, 0.29) is 0 Å². The van der Waals surface area contributed by atoms with Gasteiger partial charge in [0.1, 0.15) is 0 Å². The predicted octanol–water partition coefficient (Wildman–Crippen LogP) is 1.73. The Morgan fingerprint density at radius 2 is 2.45 bits per heavy atom. The lowest BCUT2D eigenvalue weighted by molar-refractivity contribution is 0.273. The maximum Gasteiger partial charge on any atom is 0.213 e. The molecule has 0 radical (unpaired) electrons. The van der Waals surface area contributed by atoms with Crippen LogP contribution in [0.2, 0.25) is 0 Å². The van der Waals surface area contributed by atoms with Gasteiger partial charge in [-0.15, -0.1) is 0 Å². The molecule has 1 heterocycles. The molecule has 2 aliphatic rings. The molecule has 1 aromatic heterocycles. The third kappa shape index (κ3) is 0.633. The second-order valence-electron chi connectivity index (χ2n) is 3.76. The molecule has 3 heteroatoms. The quantitative estimate of drug-likeness (QED) is 0.612. The average molecular weight is 150 g/mol. The second kappa shape index (κ2) is 1.65. The summed E-state index contributed by atoms with van der Waals surface area (Å²) >= 11 is 0. The monoisotopic (exact) mass is 150 g/mol. The van der Waals surface area contributed by atoms with Gasteiger partial charge in [-0.05, 0) is 24.7 Å². The standard InChI is InChI=1S/C8H10N2O/c1-2-8(3-1)4-6(8)7-9-5-11-10-7/h5-6H,1-4H2. The normalized spacial score (nSPS) is 31.8. The molecule has 58 valence electrons. The van der Waals surface area contributed by atoms with Gasteiger partial charge < -0.3 is 4.52 Å². The van der Waals surface area contributed by atoms with E-state index in [1.165, 1.54) is 32.1 Å². The summed E-state index contributed by atoms with van der Waals surface area (Å²) in [5.74, 6) is 1.57. The highest BCUT2D eigenvalue weighted by atomic mass is 16.5. The van der Waals surface area contributed by atoms with Crippen molar-refractivity contribution in [1.82, 2.24) is 10.1 Å². The zero-order valence-electron chi connectivity index (χ0n) is 6.29. The molecule has 2 saturated carbocycles. The highest BCUT2D eigenvalue weighted by molar-refractivity contribution is 5.20. The maximum atomic E-state index is 4.72. The second-order valence-corrected chi connectivity index (χ2v) is 3.76. The first-order valence-corrected chi connectivity index (χ1v) is 4.17. The molecular weight excluding hydrogens is 140 g/mol. The van der Waals surface area contributed by atoms with Crippen LogP contribution in [0.3, 0.4) is 0 Å². The van der Waals surface area contributed by atoms with Gasteiger partial charge in [0.15, 0.2) is 5.82 Å². The van der Waals surface area contributed by atoms with Gasteiger partial charge in [-0.1, -0.05) is 11.6 Å². The fourth-order valence-electron chi connectivity index (χ4n) is 2.23. The molecule has 0 saturated heterocycles. The fourth-order valence-corrected chi connectivity index (χ4v) is 2.23. The minimum atomic E-state index is 0.629. The number of hydrogen-bond acceptors (Lipinski definition) is 3. The lowest BCUT2D eigenvalue weighted by atomic mass is 9.80. The van der Waals surface area contributed by atoms with Crippen LogP contribution < -0.4 is 0 Å². The largest absolute Gasteiger partial charge is 0.343 e. The van der Waals surface area contributed by atoms with Gasteiger partial charge in [0.2, 0.25) is 6.39 Å². The van der Waals surface area contributed by atoms with Gasteiger partial charge in [-0.3, -0.25) is 0 Å². The Morgan fingerprint density at radius 3 is 2.91 bits per heavy atom.